The quantitative estimate of drug-likeness (QED) is 0.0641. The van der Waals surface area contributed by atoms with Crippen molar-refractivity contribution in [1.29, 1.82) is 0 Å². The van der Waals surface area contributed by atoms with E-state index in [2.05, 4.69) is 0 Å². The van der Waals surface area contributed by atoms with Gasteiger partial charge in [0.05, 0.1) is 50.1 Å². The number of hydrogen-bond acceptors (Lipinski definition) is 52. The van der Waals surface area contributed by atoms with Crippen molar-refractivity contribution in [3.05, 3.63) is 122 Å². The molecule has 0 amide bonds. The Morgan fingerprint density at radius 1 is 0.231 bits per heavy atom. The highest BCUT2D eigenvalue weighted by molar-refractivity contribution is 6.13. The molecule has 0 spiro atoms. The van der Waals surface area contributed by atoms with E-state index in [4.69, 9.17) is 61.6 Å². The molecule has 52 nitrogen and oxygen atoms in total. The summed E-state index contributed by atoms with van der Waals surface area (Å²) in [5.74, 6) is -67.8. The van der Waals surface area contributed by atoms with Gasteiger partial charge in [-0.2, -0.15) is 0 Å². The van der Waals surface area contributed by atoms with Crippen LogP contribution in [0.25, 0.3) is 44.5 Å². The van der Waals surface area contributed by atoms with E-state index in [1.165, 1.54) is 0 Å². The Kier molecular flexibility index (Phi) is 20.9. The third-order valence-electron chi connectivity index (χ3n) is 21.6. The Morgan fingerprint density at radius 3 is 0.739 bits per heavy atom. The first-order valence-electron chi connectivity index (χ1n) is 37.2. The lowest BCUT2D eigenvalue weighted by Crippen LogP contribution is -2.63. The van der Waals surface area contributed by atoms with Gasteiger partial charge in [0.25, 0.3) is 0 Å². The molecule has 2 fully saturated rings. The molecule has 6 aliphatic heterocycles. The van der Waals surface area contributed by atoms with E-state index in [0.29, 0.717) is 24.3 Å². The van der Waals surface area contributed by atoms with Crippen LogP contribution in [0.3, 0.4) is 0 Å². The summed E-state index contributed by atoms with van der Waals surface area (Å²) < 4.78 is 74.3. The summed E-state index contributed by atoms with van der Waals surface area (Å²) >= 11 is 0. The maximum absolute atomic E-state index is 15.1. The van der Waals surface area contributed by atoms with Crippen LogP contribution in [0.5, 0.6) is 178 Å². The Labute approximate surface area is 734 Å². The van der Waals surface area contributed by atoms with E-state index in [1.807, 2.05) is 0 Å². The normalized spacial score (nSPS) is 20.1. The second-order valence-corrected chi connectivity index (χ2v) is 29.3. The van der Waals surface area contributed by atoms with Crippen LogP contribution in [-0.4, -0.2) is 282 Å². The number of rotatable bonds is 6. The molecule has 0 radical (unpaired) electrons. The zero-order valence-electron chi connectivity index (χ0n) is 65.4. The maximum atomic E-state index is 15.1. The first-order chi connectivity index (χ1) is 63.1. The maximum Gasteiger partial charge on any atom is 0.344 e. The van der Waals surface area contributed by atoms with Gasteiger partial charge in [-0.05, 0) is 60.7 Å². The predicted octanol–water partition coefficient (Wildman–Crippen LogP) is 3.69. The summed E-state index contributed by atoms with van der Waals surface area (Å²) in [6, 6.07) is 3.08. The highest BCUT2D eigenvalue weighted by Gasteiger charge is 2.59. The van der Waals surface area contributed by atoms with Crippen molar-refractivity contribution in [2.45, 2.75) is 61.4 Å². The van der Waals surface area contributed by atoms with Gasteiger partial charge in [-0.15, -0.1) is 0 Å². The molecular weight excluding hydrogens is 1820 g/mol. The Hall–Kier alpha value is -19.2. The summed E-state index contributed by atoms with van der Waals surface area (Å²) in [7, 11) is 0. The highest BCUT2D eigenvalue weighted by atomic mass is 16.8. The third kappa shape index (κ3) is 13.9. The van der Waals surface area contributed by atoms with E-state index >= 15 is 28.8 Å². The number of phenolic OH excluding ortho intramolecular Hbond substituents is 29. The number of ether oxygens (including phenoxy) is 13. The number of cyclic esters (lactones) is 2. The van der Waals surface area contributed by atoms with Crippen molar-refractivity contribution in [3.8, 4) is 223 Å². The Morgan fingerprint density at radius 2 is 0.463 bits per heavy atom. The van der Waals surface area contributed by atoms with Gasteiger partial charge in [0.15, 0.2) is 139 Å². The molecular formula is C82H54O52. The SMILES string of the molecule is O=C(OC1OC2COC(=O)c3cc(O)c(O)c(O)c3-c3c(cc(O)c(O)c3O)C(=O)OC2C2OC(=O)c3cc(O)c(O)c(O)c3-c3c(cc(O)c(O)c3O)C(=O)OC12)c1cc(O)c(O)c(Oc2cc(C(=O)OC3OC4COC(=O)c5cc(O)c(O)c(O)c5-c5c(cc(O)c(O)c5O)C(=O)OC4C4OC(=O)c5cc(O)c(O)c(O)c5-c5c(cc(O)c(O)c5O)C(=O)OC34)c(O)c(O)c2O)c1. The molecule has 0 bridgehead atoms. The fraction of sp³-hybridized carbons (Fsp3) is 0.146. The number of aromatic hydroxyl groups is 29. The molecule has 52 heteroatoms. The minimum absolute atomic E-state index is 0.153. The largest absolute Gasteiger partial charge is 0.504 e. The topological polar surface area (TPSA) is 877 Å². The van der Waals surface area contributed by atoms with Gasteiger partial charge >= 0.3 is 59.7 Å². The molecule has 0 aromatic heterocycles. The molecule has 10 aromatic rings. The molecule has 0 aliphatic carbocycles. The van der Waals surface area contributed by atoms with Crippen LogP contribution in [0.4, 0.5) is 0 Å². The van der Waals surface area contributed by atoms with Crippen LogP contribution < -0.4 is 4.74 Å². The first kappa shape index (κ1) is 88.3. The van der Waals surface area contributed by atoms with Gasteiger partial charge in [-0.1, -0.05) is 0 Å². The van der Waals surface area contributed by atoms with Crippen LogP contribution in [0.2, 0.25) is 0 Å². The zero-order chi connectivity index (χ0) is 97.2. The second kappa shape index (κ2) is 31.7. The van der Waals surface area contributed by atoms with Crippen molar-refractivity contribution in [2.24, 2.45) is 0 Å². The minimum Gasteiger partial charge on any atom is -0.504 e. The molecule has 134 heavy (non-hydrogen) atoms. The standard InChI is InChI=1S/C82H54O52/c83-24-1-14(71(112)133-81-69-67(129-76(117)19-7-29(88)51(98)60(107)41(19)43-21(78(119)131-69)9-31(90)53(100)62(43)109)65-35(125-81)12-122-72(113)15-3-25(84)47(94)56(103)37(15)39-17(74(115)127-65)5-27(86)49(96)58(39)105)2-33(46(24)93)124-34-11-23(45(92)64(111)55(34)102)80(121)134-82-70-68(130-77(118)20-8-30(89)52(99)61(108)42(20)44-22(79(120)132-70)10-32(91)54(101)63(44)110)66-36(126-82)13-123-73(114)16-4-26(85)48(95)57(104)38(16)40-18(75(116)128-66)6-28(87)50(97)59(40)106/h1-11,35-36,65-70,81-111H,12-13H2. The lowest BCUT2D eigenvalue weighted by Gasteiger charge is -2.44. The summed E-state index contributed by atoms with van der Waals surface area (Å²) in [4.78, 5) is 149. The van der Waals surface area contributed by atoms with Crippen molar-refractivity contribution in [1.82, 2.24) is 0 Å². The molecule has 6 aliphatic rings. The van der Waals surface area contributed by atoms with E-state index in [1.54, 1.807) is 0 Å². The third-order valence-corrected chi connectivity index (χ3v) is 21.6. The fourth-order valence-electron chi connectivity index (χ4n) is 15.2. The van der Waals surface area contributed by atoms with Gasteiger partial charge < -0.3 is 210 Å². The fourth-order valence-corrected chi connectivity index (χ4v) is 15.2. The average Bonchev–Trinajstić information content (AvgIpc) is 1.09. The summed E-state index contributed by atoms with van der Waals surface area (Å²) in [6.45, 7) is -3.07. The van der Waals surface area contributed by atoms with Crippen LogP contribution >= 0.6 is 0 Å². The van der Waals surface area contributed by atoms with Crippen LogP contribution in [0.1, 0.15) is 104 Å². The molecule has 694 valence electrons. The monoisotopic (exact) mass is 1870 g/mol. The molecule has 10 aromatic carbocycles. The highest BCUT2D eigenvalue weighted by Crippen LogP contribution is 2.61. The van der Waals surface area contributed by atoms with Crippen molar-refractivity contribution < 1.29 is 258 Å². The molecule has 16 rings (SSSR count). The van der Waals surface area contributed by atoms with Gasteiger partial charge in [0.2, 0.25) is 88.0 Å². The average molecular weight is 1870 g/mol. The number of phenols is 29. The van der Waals surface area contributed by atoms with Gasteiger partial charge in [0.1, 0.15) is 31.0 Å². The molecule has 2 saturated heterocycles. The number of hydrogen-bond donors (Lipinski definition) is 29. The Bertz CT molecular complexity index is 6980. The molecule has 10 atom stereocenters. The first-order valence-corrected chi connectivity index (χ1v) is 37.2. The minimum atomic E-state index is -3.03. The zero-order valence-corrected chi connectivity index (χ0v) is 65.4. The van der Waals surface area contributed by atoms with E-state index in [-0.39, 0.29) is 42.5 Å². The summed E-state index contributed by atoms with van der Waals surface area (Å²) in [5, 5.41) is 321. The molecule has 10 unspecified atom stereocenters. The molecule has 0 saturated carbocycles. The van der Waals surface area contributed by atoms with E-state index in [9.17, 15) is 167 Å². The lowest BCUT2D eigenvalue weighted by molar-refractivity contribution is -0.283. The lowest BCUT2D eigenvalue weighted by atomic mass is 9.91. The number of carbonyl (C=O) groups is 10. The van der Waals surface area contributed by atoms with Gasteiger partial charge in [-0.3, -0.25) is 0 Å². The predicted molar refractivity (Wildman–Crippen MR) is 413 cm³/mol. The second-order valence-electron chi connectivity index (χ2n) is 29.3. The van der Waals surface area contributed by atoms with Gasteiger partial charge in [-0.25, -0.2) is 47.9 Å². The van der Waals surface area contributed by atoms with Crippen LogP contribution in [0.15, 0.2) is 66.7 Å². The number of fused-ring (bicyclic) bond motifs is 18. The van der Waals surface area contributed by atoms with Gasteiger partial charge in [0, 0.05) is 50.6 Å². The smallest absolute Gasteiger partial charge is 0.344 e. The van der Waals surface area contributed by atoms with Crippen molar-refractivity contribution in [3.63, 3.8) is 0 Å². The number of benzene rings is 10. The summed E-state index contributed by atoms with van der Waals surface area (Å²) in [5.41, 5.74) is -22.9. The Balaban J connectivity index is 0.786. The number of carbonyl (C=O) groups excluding carboxylic acids is 10. The number of esters is 10. The van der Waals surface area contributed by atoms with Crippen molar-refractivity contribution >= 4 is 59.7 Å². The molecule has 29 N–H and O–H groups in total. The summed E-state index contributed by atoms with van der Waals surface area (Å²) in [6.07, 6.45) is -28.0. The van der Waals surface area contributed by atoms with Crippen LogP contribution in [0, 0.1) is 0 Å². The van der Waals surface area contributed by atoms with E-state index < -0.39 is 413 Å². The van der Waals surface area contributed by atoms with Crippen LogP contribution in [-0.2, 0) is 56.8 Å². The van der Waals surface area contributed by atoms with Crippen molar-refractivity contribution in [2.75, 3.05) is 13.2 Å². The van der Waals surface area contributed by atoms with E-state index in [0.717, 1.165) is 0 Å². The molecule has 6 heterocycles.